The Morgan fingerprint density at radius 2 is 1.31 bits per heavy atom. The Morgan fingerprint density at radius 3 is 1.62 bits per heavy atom. The summed E-state index contributed by atoms with van der Waals surface area (Å²) in [6.07, 6.45) is 1.52. The normalized spacial score (nSPS) is 14.5. The first kappa shape index (κ1) is 22.6. The van der Waals surface area contributed by atoms with Gasteiger partial charge < -0.3 is 9.74 Å². The van der Waals surface area contributed by atoms with Gasteiger partial charge in [-0.3, -0.25) is 0 Å². The van der Waals surface area contributed by atoms with Crippen LogP contribution in [0.1, 0.15) is 39.3 Å². The summed E-state index contributed by atoms with van der Waals surface area (Å²) in [4.78, 5) is 0. The van der Waals surface area contributed by atoms with Crippen molar-refractivity contribution in [1.29, 1.82) is 0 Å². The van der Waals surface area contributed by atoms with E-state index in [0.717, 1.165) is 19.5 Å². The summed E-state index contributed by atoms with van der Waals surface area (Å²) in [7, 11) is -1.48. The molecule has 1 heterocycles. The van der Waals surface area contributed by atoms with E-state index in [1.807, 2.05) is 0 Å². The fourth-order valence-corrected chi connectivity index (χ4v) is 3.72. The van der Waals surface area contributed by atoms with E-state index >= 15 is 0 Å². The second kappa shape index (κ2) is 10.1. The van der Waals surface area contributed by atoms with Crippen molar-refractivity contribution in [3.05, 3.63) is 71.8 Å². The molecule has 2 nitrogen and oxygen atoms in total. The Bertz CT molecular complexity index is 578. The first-order valence-corrected chi connectivity index (χ1v) is 12.2. The summed E-state index contributed by atoms with van der Waals surface area (Å²) in [6.45, 7) is 13.6. The zero-order valence-electron chi connectivity index (χ0n) is 16.4. The van der Waals surface area contributed by atoms with Crippen LogP contribution in [-0.2, 0) is 10.8 Å². The van der Waals surface area contributed by atoms with E-state index in [4.69, 9.17) is 4.43 Å². The van der Waals surface area contributed by atoms with Gasteiger partial charge >= 0.3 is 0 Å². The minimum absolute atomic E-state index is 0. The summed E-state index contributed by atoms with van der Waals surface area (Å²) in [6, 6.07) is 21.1. The lowest BCUT2D eigenvalue weighted by Crippen LogP contribution is -2.55. The molecule has 0 amide bonds. The molecule has 2 aromatic carbocycles. The number of nitrogens with one attached hydrogen (secondary N) is 1. The lowest BCUT2D eigenvalue weighted by atomic mass is 10.1. The molecular formula is C23H37NOSi. The van der Waals surface area contributed by atoms with Crippen molar-refractivity contribution < 1.29 is 4.43 Å². The third-order valence-corrected chi connectivity index (χ3v) is 9.64. The van der Waals surface area contributed by atoms with Gasteiger partial charge in [-0.2, -0.15) is 0 Å². The number of hydrogen-bond acceptors (Lipinski definition) is 2. The van der Waals surface area contributed by atoms with Gasteiger partial charge in [0, 0.05) is 13.1 Å². The standard InChI is InChI=1S/C13H12.C9H21NOSi.CH4/c1-3-7-12(8-4-1)11-13-9-5-2-6-10-13;1-9(2,3)12(4,5)11-8-6-10-7-8;/h1-10H,11H2;8,10H,6-7H2,1-5H3;1H4. The Labute approximate surface area is 162 Å². The third kappa shape index (κ3) is 7.06. The molecule has 0 bridgehead atoms. The summed E-state index contributed by atoms with van der Waals surface area (Å²) in [5.74, 6) is 0. The highest BCUT2D eigenvalue weighted by Gasteiger charge is 2.40. The van der Waals surface area contributed by atoms with Crippen LogP contribution in [0.2, 0.25) is 18.1 Å². The van der Waals surface area contributed by atoms with Crippen LogP contribution < -0.4 is 5.32 Å². The van der Waals surface area contributed by atoms with Gasteiger partial charge in [0.25, 0.3) is 0 Å². The molecule has 1 aliphatic rings. The van der Waals surface area contributed by atoms with Crippen LogP contribution in [0.25, 0.3) is 0 Å². The monoisotopic (exact) mass is 371 g/mol. The second-order valence-corrected chi connectivity index (χ2v) is 13.1. The lowest BCUT2D eigenvalue weighted by Gasteiger charge is -2.42. The highest BCUT2D eigenvalue weighted by molar-refractivity contribution is 6.74. The Balaban J connectivity index is 0.000000251. The summed E-state index contributed by atoms with van der Waals surface area (Å²) < 4.78 is 6.11. The van der Waals surface area contributed by atoms with Crippen LogP contribution >= 0.6 is 0 Å². The summed E-state index contributed by atoms with van der Waals surface area (Å²) >= 11 is 0. The lowest BCUT2D eigenvalue weighted by molar-refractivity contribution is 0.125. The molecule has 1 N–H and O–H groups in total. The number of benzene rings is 2. The Kier molecular flexibility index (Phi) is 8.74. The van der Waals surface area contributed by atoms with E-state index in [9.17, 15) is 0 Å². The molecule has 26 heavy (non-hydrogen) atoms. The first-order chi connectivity index (χ1) is 11.8. The van der Waals surface area contributed by atoms with E-state index in [-0.39, 0.29) is 7.43 Å². The van der Waals surface area contributed by atoms with E-state index in [0.29, 0.717) is 11.1 Å². The molecule has 3 rings (SSSR count). The largest absolute Gasteiger partial charge is 0.411 e. The summed E-state index contributed by atoms with van der Waals surface area (Å²) in [5.41, 5.74) is 2.74. The third-order valence-electron chi connectivity index (χ3n) is 5.11. The second-order valence-electron chi connectivity index (χ2n) is 8.31. The fourth-order valence-electron chi connectivity index (χ4n) is 2.37. The molecule has 144 valence electrons. The molecule has 1 saturated heterocycles. The van der Waals surface area contributed by atoms with Crippen LogP contribution in [0.4, 0.5) is 0 Å². The van der Waals surface area contributed by atoms with E-state index in [1.165, 1.54) is 11.1 Å². The summed E-state index contributed by atoms with van der Waals surface area (Å²) in [5, 5.41) is 3.58. The van der Waals surface area contributed by atoms with Crippen molar-refractivity contribution in [2.45, 2.75) is 58.9 Å². The topological polar surface area (TPSA) is 21.3 Å². The average Bonchev–Trinajstić information content (AvgIpc) is 2.53. The fraction of sp³-hybridized carbons (Fsp3) is 0.478. The Morgan fingerprint density at radius 1 is 0.885 bits per heavy atom. The van der Waals surface area contributed by atoms with Gasteiger partial charge in [0.2, 0.25) is 0 Å². The average molecular weight is 372 g/mol. The molecule has 3 heteroatoms. The van der Waals surface area contributed by atoms with Crippen LogP contribution in [0, 0.1) is 0 Å². The Hall–Kier alpha value is -1.42. The maximum atomic E-state index is 6.11. The van der Waals surface area contributed by atoms with Gasteiger partial charge in [-0.15, -0.1) is 0 Å². The van der Waals surface area contributed by atoms with Crippen molar-refractivity contribution in [1.82, 2.24) is 5.32 Å². The number of rotatable bonds is 4. The molecule has 1 aliphatic heterocycles. The molecule has 1 fully saturated rings. The molecule has 0 atom stereocenters. The quantitative estimate of drug-likeness (QED) is 0.676. The number of hydrogen-bond donors (Lipinski definition) is 1. The predicted molar refractivity (Wildman–Crippen MR) is 117 cm³/mol. The first-order valence-electron chi connectivity index (χ1n) is 9.24. The van der Waals surface area contributed by atoms with Crippen LogP contribution in [0.3, 0.4) is 0 Å². The van der Waals surface area contributed by atoms with Crippen molar-refractivity contribution in [2.75, 3.05) is 13.1 Å². The molecule has 0 saturated carbocycles. The molecule has 0 aromatic heterocycles. The van der Waals surface area contributed by atoms with Gasteiger partial charge in [0.15, 0.2) is 8.32 Å². The molecule has 0 aliphatic carbocycles. The van der Waals surface area contributed by atoms with Gasteiger partial charge in [-0.25, -0.2) is 0 Å². The molecule has 0 radical (unpaired) electrons. The molecule has 2 aromatic rings. The van der Waals surface area contributed by atoms with Crippen molar-refractivity contribution in [3.8, 4) is 0 Å². The smallest absolute Gasteiger partial charge is 0.192 e. The van der Waals surface area contributed by atoms with Gasteiger partial charge in [0.1, 0.15) is 0 Å². The van der Waals surface area contributed by atoms with Gasteiger partial charge in [-0.05, 0) is 35.7 Å². The highest BCUT2D eigenvalue weighted by Crippen LogP contribution is 2.37. The van der Waals surface area contributed by atoms with E-state index in [2.05, 4.69) is 99.8 Å². The maximum Gasteiger partial charge on any atom is 0.192 e. The van der Waals surface area contributed by atoms with Gasteiger partial charge in [0.05, 0.1) is 6.10 Å². The van der Waals surface area contributed by atoms with Crippen LogP contribution in [0.15, 0.2) is 60.7 Å². The molecule has 0 unspecified atom stereocenters. The zero-order valence-corrected chi connectivity index (χ0v) is 17.4. The van der Waals surface area contributed by atoms with E-state index in [1.54, 1.807) is 0 Å². The van der Waals surface area contributed by atoms with Crippen LogP contribution in [-0.4, -0.2) is 27.5 Å². The minimum Gasteiger partial charge on any atom is -0.411 e. The molecular weight excluding hydrogens is 334 g/mol. The van der Waals surface area contributed by atoms with Crippen molar-refractivity contribution >= 4 is 8.32 Å². The maximum absolute atomic E-state index is 6.11. The zero-order chi connectivity index (χ0) is 18.3. The molecule has 0 spiro atoms. The van der Waals surface area contributed by atoms with E-state index < -0.39 is 8.32 Å². The van der Waals surface area contributed by atoms with Gasteiger partial charge in [-0.1, -0.05) is 88.9 Å². The van der Waals surface area contributed by atoms with Crippen molar-refractivity contribution in [2.24, 2.45) is 0 Å². The predicted octanol–water partition coefficient (Wildman–Crippen LogP) is 5.89. The van der Waals surface area contributed by atoms with Crippen molar-refractivity contribution in [3.63, 3.8) is 0 Å². The SMILES string of the molecule is C.CC(C)(C)[Si](C)(C)OC1CNC1.c1ccc(Cc2ccccc2)cc1. The minimum atomic E-state index is -1.48. The van der Waals surface area contributed by atoms with Crippen LogP contribution in [0.5, 0.6) is 0 Å². The highest BCUT2D eigenvalue weighted by atomic mass is 28.4.